The summed E-state index contributed by atoms with van der Waals surface area (Å²) in [6.45, 7) is 0.963. The number of urea groups is 1. The van der Waals surface area contributed by atoms with E-state index in [2.05, 4.69) is 15.5 Å². The minimum atomic E-state index is -0.293. The van der Waals surface area contributed by atoms with Gasteiger partial charge in [0.2, 0.25) is 11.7 Å². The van der Waals surface area contributed by atoms with Crippen molar-refractivity contribution in [3.8, 4) is 11.4 Å². The van der Waals surface area contributed by atoms with Crippen LogP contribution in [0, 0.1) is 5.82 Å². The maximum absolute atomic E-state index is 13.1. The van der Waals surface area contributed by atoms with Crippen LogP contribution in [0.5, 0.6) is 0 Å². The number of halogens is 1. The van der Waals surface area contributed by atoms with Gasteiger partial charge in [-0.05, 0) is 30.5 Å². The highest BCUT2D eigenvalue weighted by Gasteiger charge is 2.31. The second kappa shape index (κ2) is 8.86. The summed E-state index contributed by atoms with van der Waals surface area (Å²) in [5.74, 6) is 0.692. The maximum atomic E-state index is 13.1. The molecule has 29 heavy (non-hydrogen) atoms. The summed E-state index contributed by atoms with van der Waals surface area (Å²) in [6, 6.07) is 15.3. The van der Waals surface area contributed by atoms with Gasteiger partial charge in [-0.2, -0.15) is 4.98 Å². The van der Waals surface area contributed by atoms with E-state index >= 15 is 0 Å². The van der Waals surface area contributed by atoms with E-state index in [0.29, 0.717) is 24.8 Å². The highest BCUT2D eigenvalue weighted by atomic mass is 19.1. The average molecular weight is 394 g/mol. The number of nitrogens with one attached hydrogen (secondary N) is 1. The Bertz CT molecular complexity index is 943. The van der Waals surface area contributed by atoms with Crippen LogP contribution in [-0.4, -0.2) is 27.6 Å². The Morgan fingerprint density at radius 3 is 2.69 bits per heavy atom. The summed E-state index contributed by atoms with van der Waals surface area (Å²) in [4.78, 5) is 19.2. The third-order valence-corrected chi connectivity index (χ3v) is 5.13. The summed E-state index contributed by atoms with van der Waals surface area (Å²) < 4.78 is 18.6. The van der Waals surface area contributed by atoms with Gasteiger partial charge in [-0.15, -0.1) is 0 Å². The fraction of sp³-hybridized carbons (Fsp3) is 0.318. The molecule has 1 atom stereocenters. The van der Waals surface area contributed by atoms with Crippen LogP contribution in [0.25, 0.3) is 11.4 Å². The lowest BCUT2D eigenvalue weighted by Gasteiger charge is -2.27. The molecule has 3 aromatic rings. The van der Waals surface area contributed by atoms with Gasteiger partial charge in [-0.1, -0.05) is 60.5 Å². The van der Waals surface area contributed by atoms with Crippen LogP contribution < -0.4 is 5.32 Å². The molecule has 1 aliphatic heterocycles. The number of hydrogen-bond acceptors (Lipinski definition) is 4. The largest absolute Gasteiger partial charge is 0.337 e. The minimum Gasteiger partial charge on any atom is -0.337 e. The first-order chi connectivity index (χ1) is 14.2. The number of rotatable bonds is 4. The number of aromatic nitrogens is 2. The Hall–Kier alpha value is -3.22. The fourth-order valence-electron chi connectivity index (χ4n) is 3.56. The third-order valence-electron chi connectivity index (χ3n) is 5.13. The summed E-state index contributed by atoms with van der Waals surface area (Å²) in [7, 11) is 0. The quantitative estimate of drug-likeness (QED) is 0.696. The normalized spacial score (nSPS) is 17.0. The zero-order valence-electron chi connectivity index (χ0n) is 16.1. The lowest BCUT2D eigenvalue weighted by atomic mass is 10.1. The molecule has 1 aliphatic rings. The molecule has 0 radical (unpaired) electrons. The number of hydrogen-bond donors (Lipinski definition) is 1. The van der Waals surface area contributed by atoms with E-state index in [1.54, 1.807) is 17.0 Å². The first-order valence-corrected chi connectivity index (χ1v) is 9.88. The zero-order chi connectivity index (χ0) is 20.1. The van der Waals surface area contributed by atoms with Gasteiger partial charge in [-0.3, -0.25) is 0 Å². The summed E-state index contributed by atoms with van der Waals surface area (Å²) in [6.07, 6.45) is 3.76. The van der Waals surface area contributed by atoms with Gasteiger partial charge >= 0.3 is 6.03 Å². The molecular formula is C22H23FN4O2. The second-order valence-corrected chi connectivity index (χ2v) is 7.17. The van der Waals surface area contributed by atoms with Crippen molar-refractivity contribution in [3.05, 3.63) is 71.9 Å². The predicted octanol–water partition coefficient (Wildman–Crippen LogP) is 4.70. The number of nitrogens with zero attached hydrogens (tertiary/aromatic N) is 3. The fourth-order valence-corrected chi connectivity index (χ4v) is 3.56. The Balaban J connectivity index is 1.49. The van der Waals surface area contributed by atoms with Crippen LogP contribution in [0.15, 0.2) is 59.1 Å². The van der Waals surface area contributed by atoms with Crippen molar-refractivity contribution in [2.75, 3.05) is 6.54 Å². The van der Waals surface area contributed by atoms with E-state index in [-0.39, 0.29) is 17.9 Å². The molecule has 2 amide bonds. The zero-order valence-corrected chi connectivity index (χ0v) is 16.1. The topological polar surface area (TPSA) is 71.3 Å². The van der Waals surface area contributed by atoms with Crippen LogP contribution in [0.3, 0.4) is 0 Å². The summed E-state index contributed by atoms with van der Waals surface area (Å²) >= 11 is 0. The van der Waals surface area contributed by atoms with Gasteiger partial charge < -0.3 is 14.7 Å². The molecule has 1 fully saturated rings. The molecular weight excluding hydrogens is 371 g/mol. The molecule has 1 saturated heterocycles. The molecule has 1 N–H and O–H groups in total. The molecule has 0 spiro atoms. The molecule has 150 valence electrons. The molecule has 0 aliphatic carbocycles. The highest BCUT2D eigenvalue weighted by Crippen LogP contribution is 2.30. The van der Waals surface area contributed by atoms with E-state index in [0.717, 1.165) is 36.8 Å². The standard InChI is InChI=1S/C22H23FN4O2/c23-18-12-10-16(11-13-18)15-24-22(28)27-14-6-2-5-9-19(27)21-25-20(26-29-21)17-7-3-1-4-8-17/h1,3-4,7-8,10-13,19H,2,5-6,9,14-15H2,(H,24,28). The number of carbonyl (C=O) groups excluding carboxylic acids is 1. The summed E-state index contributed by atoms with van der Waals surface area (Å²) in [5, 5.41) is 7.04. The molecule has 7 heteroatoms. The van der Waals surface area contributed by atoms with Crippen LogP contribution >= 0.6 is 0 Å². The van der Waals surface area contributed by atoms with E-state index in [4.69, 9.17) is 4.52 Å². The van der Waals surface area contributed by atoms with Crippen molar-refractivity contribution in [1.82, 2.24) is 20.4 Å². The SMILES string of the molecule is O=C(NCc1ccc(F)cc1)N1CCCCCC1c1nc(-c2ccccc2)no1. The Labute approximate surface area is 168 Å². The van der Waals surface area contributed by atoms with Crippen molar-refractivity contribution >= 4 is 6.03 Å². The van der Waals surface area contributed by atoms with Crippen LogP contribution in [0.2, 0.25) is 0 Å². The highest BCUT2D eigenvalue weighted by molar-refractivity contribution is 5.74. The Morgan fingerprint density at radius 1 is 1.10 bits per heavy atom. The molecule has 2 aromatic carbocycles. The van der Waals surface area contributed by atoms with Gasteiger partial charge in [0.25, 0.3) is 0 Å². The van der Waals surface area contributed by atoms with Crippen molar-refractivity contribution in [1.29, 1.82) is 0 Å². The molecule has 6 nitrogen and oxygen atoms in total. The van der Waals surface area contributed by atoms with Crippen LogP contribution in [0.1, 0.15) is 43.2 Å². The van der Waals surface area contributed by atoms with Gasteiger partial charge in [0, 0.05) is 18.7 Å². The molecule has 0 bridgehead atoms. The Morgan fingerprint density at radius 2 is 1.90 bits per heavy atom. The van der Waals surface area contributed by atoms with Crippen molar-refractivity contribution in [2.45, 2.75) is 38.3 Å². The summed E-state index contributed by atoms with van der Waals surface area (Å²) in [5.41, 5.74) is 1.72. The minimum absolute atomic E-state index is 0.180. The third kappa shape index (κ3) is 4.62. The number of carbonyl (C=O) groups is 1. The van der Waals surface area contributed by atoms with Crippen molar-refractivity contribution in [3.63, 3.8) is 0 Å². The lowest BCUT2D eigenvalue weighted by molar-refractivity contribution is 0.158. The number of benzene rings is 2. The smallest absolute Gasteiger partial charge is 0.318 e. The first kappa shape index (κ1) is 19.1. The second-order valence-electron chi connectivity index (χ2n) is 7.17. The van der Waals surface area contributed by atoms with Gasteiger partial charge in [0.1, 0.15) is 11.9 Å². The van der Waals surface area contributed by atoms with Gasteiger partial charge in [0.15, 0.2) is 0 Å². The van der Waals surface area contributed by atoms with Crippen LogP contribution in [-0.2, 0) is 6.54 Å². The lowest BCUT2D eigenvalue weighted by Crippen LogP contribution is -2.42. The van der Waals surface area contributed by atoms with Gasteiger partial charge in [0.05, 0.1) is 0 Å². The van der Waals surface area contributed by atoms with Gasteiger partial charge in [-0.25, -0.2) is 9.18 Å². The van der Waals surface area contributed by atoms with Crippen molar-refractivity contribution in [2.24, 2.45) is 0 Å². The predicted molar refractivity (Wildman–Crippen MR) is 106 cm³/mol. The monoisotopic (exact) mass is 394 g/mol. The Kier molecular flexibility index (Phi) is 5.84. The van der Waals surface area contributed by atoms with E-state index < -0.39 is 0 Å². The maximum Gasteiger partial charge on any atom is 0.318 e. The van der Waals surface area contributed by atoms with E-state index in [1.807, 2.05) is 30.3 Å². The number of likely N-dealkylation sites (tertiary alicyclic amines) is 1. The van der Waals surface area contributed by atoms with Crippen molar-refractivity contribution < 1.29 is 13.7 Å². The van der Waals surface area contributed by atoms with E-state index in [9.17, 15) is 9.18 Å². The molecule has 2 heterocycles. The van der Waals surface area contributed by atoms with Crippen LogP contribution in [0.4, 0.5) is 9.18 Å². The first-order valence-electron chi connectivity index (χ1n) is 9.88. The van der Waals surface area contributed by atoms with E-state index in [1.165, 1.54) is 12.1 Å². The number of amides is 2. The molecule has 4 rings (SSSR count). The molecule has 0 saturated carbocycles. The average Bonchev–Trinajstić information content (AvgIpc) is 3.11. The molecule has 1 unspecified atom stereocenters. The molecule has 1 aromatic heterocycles.